The molecule has 0 saturated heterocycles. The van der Waals surface area contributed by atoms with Gasteiger partial charge in [0.2, 0.25) is 6.10 Å². The number of hydrogen-bond acceptors (Lipinski definition) is 3. The monoisotopic (exact) mass is 303 g/mol. The maximum absolute atomic E-state index is 11.3. The second kappa shape index (κ2) is 5.66. The van der Waals surface area contributed by atoms with E-state index in [1.165, 1.54) is 0 Å². The van der Waals surface area contributed by atoms with Gasteiger partial charge in [-0.25, -0.2) is 4.79 Å². The van der Waals surface area contributed by atoms with Crippen molar-refractivity contribution < 1.29 is 14.6 Å². The highest BCUT2D eigenvalue weighted by molar-refractivity contribution is 6.31. The van der Waals surface area contributed by atoms with Crippen molar-refractivity contribution in [2.75, 3.05) is 11.4 Å². The number of fused-ring (bicyclic) bond motifs is 1. The molecular weight excluding hydrogens is 290 g/mol. The zero-order chi connectivity index (χ0) is 14.8. The van der Waals surface area contributed by atoms with E-state index in [0.29, 0.717) is 17.3 Å². The minimum Gasteiger partial charge on any atom is -0.478 e. The number of halogens is 1. The summed E-state index contributed by atoms with van der Waals surface area (Å²) in [6.45, 7) is 0.835. The van der Waals surface area contributed by atoms with Crippen LogP contribution in [0.1, 0.15) is 5.56 Å². The third-order valence-electron chi connectivity index (χ3n) is 3.46. The Balaban J connectivity index is 1.93. The first-order valence-electron chi connectivity index (χ1n) is 6.62. The van der Waals surface area contributed by atoms with Crippen molar-refractivity contribution in [3.8, 4) is 5.75 Å². The number of nitrogens with zero attached hydrogens (tertiary/aromatic N) is 1. The van der Waals surface area contributed by atoms with E-state index in [-0.39, 0.29) is 6.54 Å². The third kappa shape index (κ3) is 2.81. The molecule has 0 fully saturated rings. The topological polar surface area (TPSA) is 49.8 Å². The number of aliphatic carboxylic acids is 1. The molecule has 0 saturated carbocycles. The highest BCUT2D eigenvalue weighted by Gasteiger charge is 2.30. The normalized spacial score (nSPS) is 17.0. The van der Waals surface area contributed by atoms with E-state index in [1.54, 1.807) is 6.07 Å². The number of benzene rings is 2. The molecule has 0 amide bonds. The van der Waals surface area contributed by atoms with E-state index in [0.717, 1.165) is 11.3 Å². The largest absolute Gasteiger partial charge is 0.478 e. The predicted molar refractivity (Wildman–Crippen MR) is 81.0 cm³/mol. The van der Waals surface area contributed by atoms with Crippen LogP contribution >= 0.6 is 11.6 Å². The molecule has 5 heteroatoms. The van der Waals surface area contributed by atoms with Gasteiger partial charge in [0.05, 0.1) is 12.2 Å². The fourth-order valence-corrected chi connectivity index (χ4v) is 2.61. The maximum atomic E-state index is 11.3. The third-order valence-corrected chi connectivity index (χ3v) is 3.82. The van der Waals surface area contributed by atoms with Gasteiger partial charge in [0.25, 0.3) is 0 Å². The Labute approximate surface area is 127 Å². The smallest absolute Gasteiger partial charge is 0.346 e. The van der Waals surface area contributed by atoms with Crippen molar-refractivity contribution >= 4 is 23.3 Å². The molecule has 1 atom stereocenters. The molecule has 3 rings (SSSR count). The standard InChI is InChI=1S/C16H14ClNO3/c17-12-6-2-1-5-11(12)9-18-10-15(16(19)20)21-14-8-4-3-7-13(14)18/h1-8,15H,9-10H2,(H,19,20). The number of carbonyl (C=O) groups is 1. The molecule has 2 aromatic rings. The highest BCUT2D eigenvalue weighted by atomic mass is 35.5. The average Bonchev–Trinajstić information content (AvgIpc) is 2.49. The van der Waals surface area contributed by atoms with E-state index in [9.17, 15) is 9.90 Å². The van der Waals surface area contributed by atoms with Crippen LogP contribution in [-0.4, -0.2) is 23.7 Å². The van der Waals surface area contributed by atoms with Gasteiger partial charge in [-0.2, -0.15) is 0 Å². The molecule has 0 bridgehead atoms. The lowest BCUT2D eigenvalue weighted by Crippen LogP contribution is -2.44. The maximum Gasteiger partial charge on any atom is 0.346 e. The number of ether oxygens (including phenoxy) is 1. The minimum atomic E-state index is -0.964. The molecule has 1 aliphatic rings. The Hall–Kier alpha value is -2.20. The summed E-state index contributed by atoms with van der Waals surface area (Å²) < 4.78 is 5.52. The number of carboxylic acids is 1. The lowest BCUT2D eigenvalue weighted by atomic mass is 10.1. The van der Waals surface area contributed by atoms with Crippen molar-refractivity contribution in [1.82, 2.24) is 0 Å². The Morgan fingerprint density at radius 3 is 2.71 bits per heavy atom. The highest BCUT2D eigenvalue weighted by Crippen LogP contribution is 2.34. The van der Waals surface area contributed by atoms with Crippen LogP contribution in [0.4, 0.5) is 5.69 Å². The zero-order valence-electron chi connectivity index (χ0n) is 11.2. The summed E-state index contributed by atoms with van der Waals surface area (Å²) in [4.78, 5) is 13.2. The molecular formula is C16H14ClNO3. The molecule has 1 aliphatic heterocycles. The summed E-state index contributed by atoms with van der Waals surface area (Å²) in [6, 6.07) is 15.0. The van der Waals surface area contributed by atoms with Crippen LogP contribution in [0.5, 0.6) is 5.75 Å². The number of carboxylic acid groups (broad SMARTS) is 1. The van der Waals surface area contributed by atoms with E-state index in [1.807, 2.05) is 47.4 Å². The fourth-order valence-electron chi connectivity index (χ4n) is 2.42. The van der Waals surface area contributed by atoms with Gasteiger partial charge in [0.1, 0.15) is 5.75 Å². The second-order valence-corrected chi connectivity index (χ2v) is 5.29. The number of anilines is 1. The quantitative estimate of drug-likeness (QED) is 0.946. The van der Waals surface area contributed by atoms with Crippen LogP contribution in [0.2, 0.25) is 5.02 Å². The number of hydrogen-bond donors (Lipinski definition) is 1. The first kappa shape index (κ1) is 13.8. The van der Waals surface area contributed by atoms with Crippen molar-refractivity contribution in [2.45, 2.75) is 12.6 Å². The minimum absolute atomic E-state index is 0.289. The summed E-state index contributed by atoms with van der Waals surface area (Å²) in [5.74, 6) is -0.378. The van der Waals surface area contributed by atoms with Crippen molar-refractivity contribution in [3.63, 3.8) is 0 Å². The van der Waals surface area contributed by atoms with Crippen molar-refractivity contribution in [1.29, 1.82) is 0 Å². The van der Waals surface area contributed by atoms with E-state index in [4.69, 9.17) is 16.3 Å². The molecule has 1 N–H and O–H groups in total. The van der Waals surface area contributed by atoms with Gasteiger partial charge >= 0.3 is 5.97 Å². The molecule has 0 aromatic heterocycles. The lowest BCUT2D eigenvalue weighted by Gasteiger charge is -2.34. The second-order valence-electron chi connectivity index (χ2n) is 4.88. The first-order valence-corrected chi connectivity index (χ1v) is 7.00. The van der Waals surface area contributed by atoms with Gasteiger partial charge in [-0.15, -0.1) is 0 Å². The van der Waals surface area contributed by atoms with E-state index < -0.39 is 12.1 Å². The van der Waals surface area contributed by atoms with Gasteiger partial charge in [0, 0.05) is 11.6 Å². The van der Waals surface area contributed by atoms with Gasteiger partial charge in [-0.05, 0) is 23.8 Å². The van der Waals surface area contributed by atoms with Gasteiger partial charge in [0.15, 0.2) is 0 Å². The van der Waals surface area contributed by atoms with Crippen molar-refractivity contribution in [2.24, 2.45) is 0 Å². The summed E-state index contributed by atoms with van der Waals surface area (Å²) in [6.07, 6.45) is -0.873. The first-order chi connectivity index (χ1) is 10.1. The molecule has 0 spiro atoms. The van der Waals surface area contributed by atoms with Crippen LogP contribution in [0.25, 0.3) is 0 Å². The van der Waals surface area contributed by atoms with Crippen LogP contribution in [0.3, 0.4) is 0 Å². The zero-order valence-corrected chi connectivity index (χ0v) is 12.0. The van der Waals surface area contributed by atoms with Gasteiger partial charge < -0.3 is 14.7 Å². The lowest BCUT2D eigenvalue weighted by molar-refractivity contribution is -0.144. The molecule has 0 aliphatic carbocycles. The molecule has 1 heterocycles. The summed E-state index contributed by atoms with van der Waals surface area (Å²) in [5, 5.41) is 9.90. The molecule has 108 valence electrons. The fraction of sp³-hybridized carbons (Fsp3) is 0.188. The average molecular weight is 304 g/mol. The van der Waals surface area contributed by atoms with Crippen molar-refractivity contribution in [3.05, 3.63) is 59.1 Å². The summed E-state index contributed by atoms with van der Waals surface area (Å²) in [7, 11) is 0. The Morgan fingerprint density at radius 1 is 1.24 bits per heavy atom. The molecule has 2 aromatic carbocycles. The Morgan fingerprint density at radius 2 is 1.95 bits per heavy atom. The Bertz CT molecular complexity index is 674. The van der Waals surface area contributed by atoms with Crippen LogP contribution < -0.4 is 9.64 Å². The van der Waals surface area contributed by atoms with Gasteiger partial charge in [-0.1, -0.05) is 41.9 Å². The van der Waals surface area contributed by atoms with Gasteiger partial charge in [-0.3, -0.25) is 0 Å². The Kier molecular flexibility index (Phi) is 3.71. The number of para-hydroxylation sites is 2. The molecule has 21 heavy (non-hydrogen) atoms. The van der Waals surface area contributed by atoms with E-state index in [2.05, 4.69) is 0 Å². The molecule has 1 unspecified atom stereocenters. The predicted octanol–water partition coefficient (Wildman–Crippen LogP) is 3.19. The molecule has 0 radical (unpaired) electrons. The van der Waals surface area contributed by atoms with Crippen LogP contribution in [-0.2, 0) is 11.3 Å². The van der Waals surface area contributed by atoms with E-state index >= 15 is 0 Å². The van der Waals surface area contributed by atoms with Crippen LogP contribution in [0, 0.1) is 0 Å². The number of rotatable bonds is 3. The molecule has 4 nitrogen and oxygen atoms in total. The van der Waals surface area contributed by atoms with Crippen LogP contribution in [0.15, 0.2) is 48.5 Å². The summed E-state index contributed by atoms with van der Waals surface area (Å²) >= 11 is 6.20. The SMILES string of the molecule is O=C(O)C1CN(Cc2ccccc2Cl)c2ccccc2O1. The summed E-state index contributed by atoms with van der Waals surface area (Å²) in [5.41, 5.74) is 1.84.